The van der Waals surface area contributed by atoms with Crippen LogP contribution in [0.5, 0.6) is 0 Å². The van der Waals surface area contributed by atoms with E-state index in [2.05, 4.69) is 16.5 Å². The fourth-order valence-corrected chi connectivity index (χ4v) is 5.07. The summed E-state index contributed by atoms with van der Waals surface area (Å²) in [6.07, 6.45) is 3.43. The molecule has 0 aliphatic carbocycles. The fourth-order valence-electron chi connectivity index (χ4n) is 5.07. The number of Topliss-reactive ketones (excluding diaryl/α,β-unsaturated/α-hetero) is 1. The minimum Gasteiger partial charge on any atom is -0.383 e. The molecule has 37 heavy (non-hydrogen) atoms. The Kier molecular flexibility index (Phi) is 7.92. The van der Waals surface area contributed by atoms with Crippen molar-refractivity contribution in [2.75, 3.05) is 13.7 Å². The largest absolute Gasteiger partial charge is 0.383 e. The van der Waals surface area contributed by atoms with Gasteiger partial charge in [0.1, 0.15) is 0 Å². The van der Waals surface area contributed by atoms with Crippen molar-refractivity contribution < 1.29 is 9.53 Å². The summed E-state index contributed by atoms with van der Waals surface area (Å²) in [5.74, 6) is -0.284. The summed E-state index contributed by atoms with van der Waals surface area (Å²) in [4.78, 5) is 45.2. The minimum atomic E-state index is -0.544. The number of methoxy groups -OCH3 is 1. The summed E-state index contributed by atoms with van der Waals surface area (Å²) in [6.45, 7) is 8.94. The quantitative estimate of drug-likeness (QED) is 0.290. The number of rotatable bonds is 11. The van der Waals surface area contributed by atoms with Crippen molar-refractivity contribution in [2.45, 2.75) is 66.2 Å². The van der Waals surface area contributed by atoms with E-state index in [0.717, 1.165) is 34.4 Å². The molecule has 3 heterocycles. The molecule has 0 saturated carbocycles. The molecular weight excluding hydrogens is 470 g/mol. The third-order valence-electron chi connectivity index (χ3n) is 6.85. The molecule has 9 heteroatoms. The maximum atomic E-state index is 13.7. The summed E-state index contributed by atoms with van der Waals surface area (Å²) in [7, 11) is 1.64. The molecule has 3 aromatic heterocycles. The first-order chi connectivity index (χ1) is 17.8. The summed E-state index contributed by atoms with van der Waals surface area (Å²) in [5, 5.41) is 0. The van der Waals surface area contributed by atoms with Gasteiger partial charge < -0.3 is 13.9 Å². The third-order valence-corrected chi connectivity index (χ3v) is 6.85. The molecule has 1 aromatic carbocycles. The lowest BCUT2D eigenvalue weighted by molar-refractivity contribution is 0.0967. The summed E-state index contributed by atoms with van der Waals surface area (Å²) in [5.41, 5.74) is 2.76. The highest BCUT2D eigenvalue weighted by molar-refractivity contribution is 5.97. The summed E-state index contributed by atoms with van der Waals surface area (Å²) in [6, 6.07) is 11.4. The first-order valence-corrected chi connectivity index (χ1v) is 12.7. The van der Waals surface area contributed by atoms with Crippen molar-refractivity contribution in [3.05, 3.63) is 86.1 Å². The molecule has 0 saturated heterocycles. The number of hydrogen-bond donors (Lipinski definition) is 0. The van der Waals surface area contributed by atoms with Crippen LogP contribution in [-0.2, 0) is 24.4 Å². The van der Waals surface area contributed by atoms with Crippen LogP contribution in [-0.4, -0.2) is 42.8 Å². The second-order valence-electron chi connectivity index (χ2n) is 9.59. The van der Waals surface area contributed by atoms with Gasteiger partial charge in [-0.25, -0.2) is 9.78 Å². The third kappa shape index (κ3) is 5.09. The monoisotopic (exact) mass is 505 g/mol. The van der Waals surface area contributed by atoms with Crippen LogP contribution in [0.25, 0.3) is 11.2 Å². The number of carbonyl (C=O) groups excluding carboxylic acids is 1. The van der Waals surface area contributed by atoms with Crippen LogP contribution >= 0.6 is 0 Å². The van der Waals surface area contributed by atoms with Gasteiger partial charge in [-0.3, -0.25) is 18.7 Å². The molecule has 0 aliphatic rings. The van der Waals surface area contributed by atoms with Gasteiger partial charge in [-0.2, -0.15) is 0 Å². The zero-order valence-corrected chi connectivity index (χ0v) is 22.2. The molecule has 196 valence electrons. The van der Waals surface area contributed by atoms with Gasteiger partial charge >= 0.3 is 5.69 Å². The van der Waals surface area contributed by atoms with Crippen molar-refractivity contribution in [1.29, 1.82) is 0 Å². The Balaban J connectivity index is 1.82. The van der Waals surface area contributed by atoms with Crippen molar-refractivity contribution in [1.82, 2.24) is 23.3 Å². The summed E-state index contributed by atoms with van der Waals surface area (Å²) >= 11 is 0. The first kappa shape index (κ1) is 26.3. The van der Waals surface area contributed by atoms with Crippen LogP contribution in [0.3, 0.4) is 0 Å². The van der Waals surface area contributed by atoms with E-state index >= 15 is 0 Å². The molecule has 0 N–H and O–H groups in total. The SMILES string of the molecule is CCCCn1cnc2c1c(=O)n(CC(=O)c1cc(C)n([C@H](C)COC)c1C)c(=O)n2Cc1ccccc1. The van der Waals surface area contributed by atoms with Crippen LogP contribution in [0, 0.1) is 13.8 Å². The molecule has 0 unspecified atom stereocenters. The van der Waals surface area contributed by atoms with Crippen LogP contribution in [0.4, 0.5) is 0 Å². The molecule has 0 aliphatic heterocycles. The lowest BCUT2D eigenvalue weighted by Crippen LogP contribution is -2.42. The number of ether oxygens (including phenoxy) is 1. The Hall–Kier alpha value is -3.72. The Morgan fingerprint density at radius 2 is 1.84 bits per heavy atom. The number of fused-ring (bicyclic) bond motifs is 1. The highest BCUT2D eigenvalue weighted by atomic mass is 16.5. The molecule has 1 atom stereocenters. The van der Waals surface area contributed by atoms with E-state index in [1.165, 1.54) is 4.57 Å². The topological polar surface area (TPSA) is 93.1 Å². The first-order valence-electron chi connectivity index (χ1n) is 12.7. The van der Waals surface area contributed by atoms with Crippen LogP contribution in [0.1, 0.15) is 60.0 Å². The number of unbranched alkanes of at least 4 members (excludes halogenated alkanes) is 1. The van der Waals surface area contributed by atoms with E-state index in [-0.39, 0.29) is 24.9 Å². The molecule has 0 fully saturated rings. The summed E-state index contributed by atoms with van der Waals surface area (Å²) < 4.78 is 11.7. The van der Waals surface area contributed by atoms with E-state index < -0.39 is 11.2 Å². The molecule has 4 rings (SSSR count). The zero-order chi connectivity index (χ0) is 26.7. The van der Waals surface area contributed by atoms with E-state index in [9.17, 15) is 14.4 Å². The van der Waals surface area contributed by atoms with Crippen molar-refractivity contribution in [3.8, 4) is 0 Å². The van der Waals surface area contributed by atoms with Crippen LogP contribution in [0.2, 0.25) is 0 Å². The maximum absolute atomic E-state index is 13.7. The van der Waals surface area contributed by atoms with E-state index in [1.54, 1.807) is 18.0 Å². The smallest absolute Gasteiger partial charge is 0.333 e. The van der Waals surface area contributed by atoms with Gasteiger partial charge in [-0.15, -0.1) is 0 Å². The number of aryl methyl sites for hydroxylation is 2. The number of benzene rings is 1. The van der Waals surface area contributed by atoms with Crippen molar-refractivity contribution in [2.24, 2.45) is 0 Å². The Morgan fingerprint density at radius 3 is 2.51 bits per heavy atom. The molecular formula is C28H35N5O4. The fraction of sp³-hybridized carbons (Fsp3) is 0.429. The van der Waals surface area contributed by atoms with Crippen LogP contribution < -0.4 is 11.2 Å². The normalized spacial score (nSPS) is 12.4. The number of hydrogen-bond acceptors (Lipinski definition) is 5. The molecule has 0 bridgehead atoms. The van der Waals surface area contributed by atoms with Gasteiger partial charge in [0.2, 0.25) is 0 Å². The molecule has 4 aromatic rings. The minimum absolute atomic E-state index is 0.0432. The van der Waals surface area contributed by atoms with Gasteiger partial charge in [0.15, 0.2) is 16.9 Å². The number of ketones is 1. The average molecular weight is 506 g/mol. The van der Waals surface area contributed by atoms with Gasteiger partial charge in [0.05, 0.1) is 32.1 Å². The van der Waals surface area contributed by atoms with Crippen molar-refractivity contribution >= 4 is 16.9 Å². The second kappa shape index (κ2) is 11.1. The van der Waals surface area contributed by atoms with Crippen molar-refractivity contribution in [3.63, 3.8) is 0 Å². The predicted octanol–water partition coefficient (Wildman–Crippen LogP) is 3.72. The molecule has 0 amide bonds. The van der Waals surface area contributed by atoms with E-state index in [1.807, 2.05) is 57.2 Å². The molecule has 0 radical (unpaired) electrons. The van der Waals surface area contributed by atoms with Crippen LogP contribution in [0.15, 0.2) is 52.3 Å². The molecule has 0 spiro atoms. The second-order valence-corrected chi connectivity index (χ2v) is 9.59. The van der Waals surface area contributed by atoms with Gasteiger partial charge in [-0.05, 0) is 38.8 Å². The lowest BCUT2D eigenvalue weighted by atomic mass is 10.1. The predicted molar refractivity (Wildman–Crippen MR) is 144 cm³/mol. The van der Waals surface area contributed by atoms with Gasteiger partial charge in [0.25, 0.3) is 5.56 Å². The Labute approximate surface area is 215 Å². The van der Waals surface area contributed by atoms with E-state index in [0.29, 0.717) is 29.9 Å². The number of carbonyl (C=O) groups is 1. The molecule has 9 nitrogen and oxygen atoms in total. The number of imidazole rings is 1. The lowest BCUT2D eigenvalue weighted by Gasteiger charge is -2.17. The average Bonchev–Trinajstić information content (AvgIpc) is 3.44. The highest BCUT2D eigenvalue weighted by Gasteiger charge is 2.23. The standard InChI is InChI=1S/C28H35N5O4/c1-6-7-13-30-18-29-26-25(30)27(35)32(28(36)31(26)15-22-11-9-8-10-12-22)16-24(34)23-14-19(2)33(21(23)4)20(3)17-37-5/h8-12,14,18,20H,6-7,13,15-17H2,1-5H3/t20-/m1/s1. The van der Waals surface area contributed by atoms with E-state index in [4.69, 9.17) is 4.74 Å². The Bertz CT molecular complexity index is 1520. The Morgan fingerprint density at radius 1 is 1.11 bits per heavy atom. The van der Waals surface area contributed by atoms with Gasteiger partial charge in [-0.1, -0.05) is 43.7 Å². The van der Waals surface area contributed by atoms with Gasteiger partial charge in [0, 0.05) is 30.6 Å². The maximum Gasteiger partial charge on any atom is 0.333 e. The highest BCUT2D eigenvalue weighted by Crippen LogP contribution is 2.21. The number of nitrogens with zero attached hydrogens (tertiary/aromatic N) is 5. The number of aromatic nitrogens is 5. The zero-order valence-electron chi connectivity index (χ0n) is 22.2.